The van der Waals surface area contributed by atoms with Crippen molar-refractivity contribution < 1.29 is 28.6 Å². The van der Waals surface area contributed by atoms with Gasteiger partial charge in [-0.1, -0.05) is 331 Å². The van der Waals surface area contributed by atoms with Crippen LogP contribution < -0.4 is 0 Å². The van der Waals surface area contributed by atoms with Crippen molar-refractivity contribution in [3.8, 4) is 0 Å². The van der Waals surface area contributed by atoms with Crippen molar-refractivity contribution in [3.63, 3.8) is 0 Å². The van der Waals surface area contributed by atoms with Gasteiger partial charge in [0.25, 0.3) is 0 Å². The molecule has 0 radical (unpaired) electrons. The van der Waals surface area contributed by atoms with Gasteiger partial charge in [0.2, 0.25) is 0 Å². The second-order valence-electron chi connectivity index (χ2n) is 23.4. The first-order valence-corrected chi connectivity index (χ1v) is 35.1. The van der Waals surface area contributed by atoms with Crippen molar-refractivity contribution in [1.29, 1.82) is 0 Å². The molecule has 0 spiro atoms. The van der Waals surface area contributed by atoms with Gasteiger partial charge in [0.05, 0.1) is 0 Å². The zero-order chi connectivity index (χ0) is 58.5. The molecule has 6 nitrogen and oxygen atoms in total. The van der Waals surface area contributed by atoms with Crippen LogP contribution in [0.3, 0.4) is 0 Å². The van der Waals surface area contributed by atoms with Crippen LogP contribution >= 0.6 is 0 Å². The topological polar surface area (TPSA) is 78.9 Å². The number of allylic oxidation sites excluding steroid dienone is 14. The fraction of sp³-hybridized carbons (Fsp3) is 0.773. The Morgan fingerprint density at radius 1 is 0.259 bits per heavy atom. The van der Waals surface area contributed by atoms with E-state index in [0.29, 0.717) is 19.3 Å². The minimum Gasteiger partial charge on any atom is -0.462 e. The third-order valence-corrected chi connectivity index (χ3v) is 15.4. The summed E-state index contributed by atoms with van der Waals surface area (Å²) in [6.45, 7) is 6.50. The highest BCUT2D eigenvalue weighted by atomic mass is 16.6. The molecule has 1 unspecified atom stereocenters. The number of esters is 3. The lowest BCUT2D eigenvalue weighted by molar-refractivity contribution is -0.167. The highest BCUT2D eigenvalue weighted by Crippen LogP contribution is 2.18. The Hall–Kier alpha value is -3.41. The fourth-order valence-corrected chi connectivity index (χ4v) is 10.2. The molecule has 0 aliphatic carbocycles. The highest BCUT2D eigenvalue weighted by Gasteiger charge is 2.19. The van der Waals surface area contributed by atoms with Gasteiger partial charge in [0, 0.05) is 19.3 Å². The molecule has 0 fully saturated rings. The van der Waals surface area contributed by atoms with Gasteiger partial charge in [-0.2, -0.15) is 0 Å². The molecule has 0 aromatic rings. The number of rotatable bonds is 64. The molecule has 468 valence electrons. The zero-order valence-electron chi connectivity index (χ0n) is 53.8. The number of unbranched alkanes of at least 4 members (excludes halogenated alkanes) is 39. The predicted octanol–water partition coefficient (Wildman–Crippen LogP) is 24.2. The normalized spacial score (nSPS) is 12.6. The summed E-state index contributed by atoms with van der Waals surface area (Å²) in [7, 11) is 0. The van der Waals surface area contributed by atoms with Gasteiger partial charge in [-0.15, -0.1) is 0 Å². The van der Waals surface area contributed by atoms with Gasteiger partial charge in [0.1, 0.15) is 13.2 Å². The molecule has 0 amide bonds. The molecule has 0 N–H and O–H groups in total. The molecule has 0 aromatic heterocycles. The smallest absolute Gasteiger partial charge is 0.306 e. The van der Waals surface area contributed by atoms with E-state index in [9.17, 15) is 14.4 Å². The van der Waals surface area contributed by atoms with Gasteiger partial charge >= 0.3 is 17.9 Å². The van der Waals surface area contributed by atoms with Gasteiger partial charge in [-0.3, -0.25) is 14.4 Å². The largest absolute Gasteiger partial charge is 0.462 e. The number of ether oxygens (including phenoxy) is 3. The lowest BCUT2D eigenvalue weighted by Gasteiger charge is -2.18. The summed E-state index contributed by atoms with van der Waals surface area (Å²) in [5.74, 6) is -0.950. The Bertz CT molecular complexity index is 1530. The van der Waals surface area contributed by atoms with Crippen LogP contribution in [0, 0.1) is 0 Å². The van der Waals surface area contributed by atoms with Crippen LogP contribution in [0.5, 0.6) is 0 Å². The molecule has 0 rings (SSSR count). The first-order valence-electron chi connectivity index (χ1n) is 35.1. The maximum Gasteiger partial charge on any atom is 0.306 e. The van der Waals surface area contributed by atoms with E-state index in [4.69, 9.17) is 14.2 Å². The minimum atomic E-state index is -0.811. The molecule has 0 heterocycles. The molecule has 0 aromatic carbocycles. The van der Waals surface area contributed by atoms with Crippen LogP contribution in [0.4, 0.5) is 0 Å². The van der Waals surface area contributed by atoms with Gasteiger partial charge in [-0.25, -0.2) is 0 Å². The first-order chi connectivity index (χ1) is 40.0. The SMILES string of the molecule is CC/C=C\C/C=C\C/C=C\C/C=C\C/C=C\CCCC(=O)OC(COC(=O)CCCCCCCCC/C=C\C/C=C\CCCCC)COC(=O)CCCCCCCCCCCCCCCCCCCCCCCCCCCCCCC. The summed E-state index contributed by atoms with van der Waals surface area (Å²) in [6, 6.07) is 0. The Morgan fingerprint density at radius 2 is 0.494 bits per heavy atom. The van der Waals surface area contributed by atoms with E-state index in [1.807, 2.05) is 0 Å². The fourth-order valence-electron chi connectivity index (χ4n) is 10.2. The Balaban J connectivity index is 4.29. The second kappa shape index (κ2) is 69.1. The number of carbonyl (C=O) groups excluding carboxylic acids is 3. The maximum absolute atomic E-state index is 12.9. The molecule has 81 heavy (non-hydrogen) atoms. The van der Waals surface area contributed by atoms with E-state index in [-0.39, 0.29) is 37.5 Å². The molecule has 1 atom stereocenters. The van der Waals surface area contributed by atoms with E-state index in [2.05, 4.69) is 106 Å². The molecule has 0 saturated carbocycles. The Labute approximate surface area is 503 Å². The summed E-state index contributed by atoms with van der Waals surface area (Å²) >= 11 is 0. The van der Waals surface area contributed by atoms with Gasteiger partial charge in [0.15, 0.2) is 6.10 Å². The molecule has 0 aliphatic rings. The molecule has 0 saturated heterocycles. The second-order valence-corrected chi connectivity index (χ2v) is 23.4. The molecular formula is C75H132O6. The van der Waals surface area contributed by atoms with Crippen molar-refractivity contribution in [2.45, 2.75) is 361 Å². The lowest BCUT2D eigenvalue weighted by Crippen LogP contribution is -2.30. The maximum atomic E-state index is 12.9. The van der Waals surface area contributed by atoms with E-state index < -0.39 is 6.10 Å². The average Bonchev–Trinajstić information content (AvgIpc) is 3.47. The minimum absolute atomic E-state index is 0.0991. The summed E-state index contributed by atoms with van der Waals surface area (Å²) < 4.78 is 16.9. The monoisotopic (exact) mass is 1130 g/mol. The van der Waals surface area contributed by atoms with Crippen LogP contribution in [0.25, 0.3) is 0 Å². The summed E-state index contributed by atoms with van der Waals surface area (Å²) in [5, 5.41) is 0. The van der Waals surface area contributed by atoms with E-state index in [1.165, 1.54) is 218 Å². The molecule has 0 bridgehead atoms. The zero-order valence-corrected chi connectivity index (χ0v) is 53.8. The number of hydrogen-bond acceptors (Lipinski definition) is 6. The third-order valence-electron chi connectivity index (χ3n) is 15.4. The predicted molar refractivity (Wildman–Crippen MR) is 353 cm³/mol. The van der Waals surface area contributed by atoms with Crippen molar-refractivity contribution in [3.05, 3.63) is 85.1 Å². The van der Waals surface area contributed by atoms with Gasteiger partial charge in [-0.05, 0) is 89.9 Å². The average molecular weight is 1130 g/mol. The molecule has 0 aliphatic heterocycles. The van der Waals surface area contributed by atoms with Crippen molar-refractivity contribution in [1.82, 2.24) is 0 Å². The van der Waals surface area contributed by atoms with E-state index in [0.717, 1.165) is 89.9 Å². The summed E-state index contributed by atoms with van der Waals surface area (Å²) in [4.78, 5) is 38.4. The van der Waals surface area contributed by atoms with Crippen molar-refractivity contribution >= 4 is 17.9 Å². The van der Waals surface area contributed by atoms with Crippen molar-refractivity contribution in [2.24, 2.45) is 0 Å². The Morgan fingerprint density at radius 3 is 0.815 bits per heavy atom. The number of carbonyl (C=O) groups is 3. The van der Waals surface area contributed by atoms with Crippen LogP contribution in [0.2, 0.25) is 0 Å². The van der Waals surface area contributed by atoms with Crippen molar-refractivity contribution in [2.75, 3.05) is 13.2 Å². The quantitative estimate of drug-likeness (QED) is 0.0261. The van der Waals surface area contributed by atoms with Crippen LogP contribution in [0.1, 0.15) is 355 Å². The van der Waals surface area contributed by atoms with Crippen LogP contribution in [-0.4, -0.2) is 37.2 Å². The van der Waals surface area contributed by atoms with Crippen LogP contribution in [0.15, 0.2) is 85.1 Å². The van der Waals surface area contributed by atoms with Gasteiger partial charge < -0.3 is 14.2 Å². The third kappa shape index (κ3) is 67.3. The van der Waals surface area contributed by atoms with E-state index >= 15 is 0 Å². The molecular weight excluding hydrogens is 997 g/mol. The number of hydrogen-bond donors (Lipinski definition) is 0. The first kappa shape index (κ1) is 77.6. The summed E-state index contributed by atoms with van der Waals surface area (Å²) in [6.07, 6.45) is 92.0. The summed E-state index contributed by atoms with van der Waals surface area (Å²) in [5.41, 5.74) is 0. The van der Waals surface area contributed by atoms with E-state index in [1.54, 1.807) is 0 Å². The molecule has 6 heteroatoms. The lowest BCUT2D eigenvalue weighted by atomic mass is 10.0. The van der Waals surface area contributed by atoms with Crippen LogP contribution in [-0.2, 0) is 28.6 Å². The Kier molecular flexibility index (Phi) is 66.2. The standard InChI is InChI=1S/C75H132O6/c1-4-7-10-13-16-19-22-25-28-31-32-33-34-35-36-37-38-39-40-41-42-45-47-50-53-56-59-62-65-68-74(77)80-71-72(81-75(78)69-66-63-60-57-54-51-48-44-30-27-24-21-18-15-12-9-6-3)70-79-73(76)67-64-61-58-55-52-49-46-43-29-26-23-20-17-14-11-8-5-2/h9,12,17-18,20-21,26-27,29-30,48,51,57,60,72H,4-8,10-11,13-16,19,22-25,28,31-47,49-50,52-56,58-59,61-71H2,1-3H3/b12-9-,20-17-,21-18-,29-26-,30-27-,51-48-,60-57-. The highest BCUT2D eigenvalue weighted by molar-refractivity contribution is 5.71.